The van der Waals surface area contributed by atoms with Gasteiger partial charge in [-0.3, -0.25) is 0 Å². The van der Waals surface area contributed by atoms with E-state index in [1.54, 1.807) is 11.3 Å². The largest absolute Gasteiger partial charge is 0.455 e. The van der Waals surface area contributed by atoms with E-state index in [4.69, 9.17) is 4.42 Å². The molecule has 9 aromatic rings. The summed E-state index contributed by atoms with van der Waals surface area (Å²) >= 11 is 1.70. The molecule has 0 saturated heterocycles. The normalized spacial score (nSPS) is 11.9. The Hall–Kier alpha value is -5.37. The van der Waals surface area contributed by atoms with E-state index in [9.17, 15) is 5.26 Å². The van der Waals surface area contributed by atoms with Crippen LogP contribution in [0.1, 0.15) is 5.56 Å². The van der Waals surface area contributed by atoms with Crippen molar-refractivity contribution >= 4 is 75.3 Å². The van der Waals surface area contributed by atoms with Crippen LogP contribution in [0.2, 0.25) is 0 Å². The van der Waals surface area contributed by atoms with Crippen molar-refractivity contribution in [2.75, 3.05) is 0 Å². The number of fused-ring (bicyclic) bond motifs is 9. The van der Waals surface area contributed by atoms with Crippen LogP contribution >= 0.6 is 11.3 Å². The summed E-state index contributed by atoms with van der Waals surface area (Å²) in [5.41, 5.74) is 7.87. The summed E-state index contributed by atoms with van der Waals surface area (Å²) < 4.78 is 10.9. The fourth-order valence-corrected chi connectivity index (χ4v) is 7.71. The molecule has 0 N–H and O–H groups in total. The zero-order valence-corrected chi connectivity index (χ0v) is 22.6. The van der Waals surface area contributed by atoms with Gasteiger partial charge in [0.15, 0.2) is 0 Å². The number of aromatic nitrogens is 1. The Morgan fingerprint density at radius 2 is 1.24 bits per heavy atom. The molecule has 0 amide bonds. The Morgan fingerprint density at radius 3 is 2.02 bits per heavy atom. The topological polar surface area (TPSA) is 41.9 Å². The van der Waals surface area contributed by atoms with Crippen molar-refractivity contribution < 1.29 is 4.42 Å². The van der Waals surface area contributed by atoms with Crippen LogP contribution in [0.25, 0.3) is 80.7 Å². The number of hydrogen-bond donors (Lipinski definition) is 0. The SMILES string of the molecule is N#Cc1cc(-c2cccc3c2oc2ccccc23)cc2c1sc1c(-n3c4ccccc4c4ccccc43)cccc12. The first-order valence-electron chi connectivity index (χ1n) is 13.6. The van der Waals surface area contributed by atoms with E-state index in [1.165, 1.54) is 26.5 Å². The predicted octanol–water partition coefficient (Wildman–Crippen LogP) is 10.6. The average molecular weight is 541 g/mol. The summed E-state index contributed by atoms with van der Waals surface area (Å²) in [6.45, 7) is 0. The van der Waals surface area contributed by atoms with Crippen LogP contribution in [-0.4, -0.2) is 4.57 Å². The van der Waals surface area contributed by atoms with E-state index < -0.39 is 0 Å². The number of rotatable bonds is 2. The molecular weight excluding hydrogens is 520 g/mol. The number of thiophene rings is 1. The van der Waals surface area contributed by atoms with Crippen molar-refractivity contribution in [3.05, 3.63) is 127 Å². The Labute approximate surface area is 238 Å². The van der Waals surface area contributed by atoms with Crippen molar-refractivity contribution in [1.82, 2.24) is 4.57 Å². The quantitative estimate of drug-likeness (QED) is 0.219. The van der Waals surface area contributed by atoms with Gasteiger partial charge >= 0.3 is 0 Å². The minimum atomic E-state index is 0.681. The standard InChI is InChI=1S/C37H20N2OS/c38-21-23-19-22(24-12-7-13-28-27-11-3-6-18-34(27)40-35(24)28)20-30-29-14-8-17-33(37(29)41-36(23)30)39-31-15-4-1-9-25(31)26-10-2-5-16-32(26)39/h1-20H. The second kappa shape index (κ2) is 8.32. The molecule has 0 radical (unpaired) electrons. The summed E-state index contributed by atoms with van der Waals surface area (Å²) in [6, 6.07) is 44.8. The summed E-state index contributed by atoms with van der Waals surface area (Å²) in [5.74, 6) is 0. The van der Waals surface area contributed by atoms with Crippen LogP contribution in [0.4, 0.5) is 0 Å². The van der Waals surface area contributed by atoms with Gasteiger partial charge in [0.2, 0.25) is 0 Å². The third-order valence-corrected chi connectivity index (χ3v) is 9.51. The Morgan fingerprint density at radius 1 is 0.585 bits per heavy atom. The molecule has 0 spiro atoms. The smallest absolute Gasteiger partial charge is 0.143 e. The van der Waals surface area contributed by atoms with Crippen LogP contribution in [0.3, 0.4) is 0 Å². The summed E-state index contributed by atoms with van der Waals surface area (Å²) in [6.07, 6.45) is 0. The number of furan rings is 1. The third kappa shape index (κ3) is 3.07. The average Bonchev–Trinajstić information content (AvgIpc) is 3.70. The highest BCUT2D eigenvalue weighted by molar-refractivity contribution is 7.26. The number of nitriles is 1. The van der Waals surface area contributed by atoms with E-state index >= 15 is 0 Å². The van der Waals surface area contributed by atoms with Gasteiger partial charge in [-0.25, -0.2) is 0 Å². The van der Waals surface area contributed by atoms with Gasteiger partial charge in [0.25, 0.3) is 0 Å². The summed E-state index contributed by atoms with van der Waals surface area (Å²) in [4.78, 5) is 0. The predicted molar refractivity (Wildman–Crippen MR) is 171 cm³/mol. The van der Waals surface area contributed by atoms with Crippen LogP contribution in [0.15, 0.2) is 126 Å². The van der Waals surface area contributed by atoms with E-state index in [1.807, 2.05) is 24.3 Å². The molecule has 190 valence electrons. The monoisotopic (exact) mass is 540 g/mol. The molecule has 0 aliphatic rings. The van der Waals surface area contributed by atoms with Crippen molar-refractivity contribution in [2.24, 2.45) is 0 Å². The van der Waals surface area contributed by atoms with Gasteiger partial charge in [-0.2, -0.15) is 5.26 Å². The molecule has 3 nitrogen and oxygen atoms in total. The Balaban J connectivity index is 1.35. The Kier molecular flexibility index (Phi) is 4.55. The number of para-hydroxylation sites is 4. The van der Waals surface area contributed by atoms with Gasteiger partial charge in [0, 0.05) is 37.9 Å². The molecule has 4 heteroatoms. The number of benzene rings is 6. The minimum absolute atomic E-state index is 0.681. The van der Waals surface area contributed by atoms with Crippen molar-refractivity contribution in [3.8, 4) is 22.9 Å². The van der Waals surface area contributed by atoms with Gasteiger partial charge in [-0.05, 0) is 42.0 Å². The van der Waals surface area contributed by atoms with Gasteiger partial charge in [0.05, 0.1) is 31.7 Å². The van der Waals surface area contributed by atoms with E-state index in [0.717, 1.165) is 54.2 Å². The van der Waals surface area contributed by atoms with Crippen LogP contribution in [0, 0.1) is 11.3 Å². The zero-order chi connectivity index (χ0) is 27.1. The molecule has 0 atom stereocenters. The van der Waals surface area contributed by atoms with E-state index in [-0.39, 0.29) is 0 Å². The fraction of sp³-hybridized carbons (Fsp3) is 0. The zero-order valence-electron chi connectivity index (χ0n) is 21.8. The lowest BCUT2D eigenvalue weighted by Gasteiger charge is -2.09. The minimum Gasteiger partial charge on any atom is -0.455 e. The summed E-state index contributed by atoms with van der Waals surface area (Å²) in [7, 11) is 0. The van der Waals surface area contributed by atoms with Crippen molar-refractivity contribution in [2.45, 2.75) is 0 Å². The van der Waals surface area contributed by atoms with E-state index in [0.29, 0.717) is 5.56 Å². The van der Waals surface area contributed by atoms with Gasteiger partial charge in [-0.1, -0.05) is 84.9 Å². The molecule has 0 fully saturated rings. The highest BCUT2D eigenvalue weighted by atomic mass is 32.1. The maximum Gasteiger partial charge on any atom is 0.143 e. The molecule has 0 saturated carbocycles. The first-order valence-corrected chi connectivity index (χ1v) is 14.4. The molecule has 0 aliphatic heterocycles. The molecule has 0 unspecified atom stereocenters. The van der Waals surface area contributed by atoms with Gasteiger partial charge < -0.3 is 8.98 Å². The number of hydrogen-bond acceptors (Lipinski definition) is 3. The molecule has 41 heavy (non-hydrogen) atoms. The van der Waals surface area contributed by atoms with Gasteiger partial charge in [0.1, 0.15) is 17.2 Å². The molecule has 6 aromatic carbocycles. The maximum atomic E-state index is 10.3. The molecule has 3 heterocycles. The van der Waals surface area contributed by atoms with Crippen LogP contribution in [-0.2, 0) is 0 Å². The lowest BCUT2D eigenvalue weighted by molar-refractivity contribution is 0.670. The van der Waals surface area contributed by atoms with E-state index in [2.05, 4.69) is 108 Å². The molecular formula is C37H20N2OS. The molecule has 3 aromatic heterocycles. The Bertz CT molecular complexity index is 2500. The van der Waals surface area contributed by atoms with Crippen LogP contribution in [0.5, 0.6) is 0 Å². The molecule has 9 rings (SSSR count). The van der Waals surface area contributed by atoms with Crippen LogP contribution < -0.4 is 0 Å². The summed E-state index contributed by atoms with van der Waals surface area (Å²) in [5, 5.41) is 17.2. The first-order chi connectivity index (χ1) is 20.3. The first kappa shape index (κ1) is 22.4. The fourth-order valence-electron chi connectivity index (χ4n) is 6.46. The van der Waals surface area contributed by atoms with Crippen molar-refractivity contribution in [3.63, 3.8) is 0 Å². The third-order valence-electron chi connectivity index (χ3n) is 8.23. The molecule has 0 bridgehead atoms. The lowest BCUT2D eigenvalue weighted by Crippen LogP contribution is -1.93. The van der Waals surface area contributed by atoms with Gasteiger partial charge in [-0.15, -0.1) is 11.3 Å². The van der Waals surface area contributed by atoms with Crippen molar-refractivity contribution in [1.29, 1.82) is 5.26 Å². The molecule has 0 aliphatic carbocycles. The number of nitrogens with zero attached hydrogens (tertiary/aromatic N) is 2. The second-order valence-corrected chi connectivity index (χ2v) is 11.4. The maximum absolute atomic E-state index is 10.3. The highest BCUT2D eigenvalue weighted by Crippen LogP contribution is 2.44. The lowest BCUT2D eigenvalue weighted by atomic mass is 9.98. The second-order valence-electron chi connectivity index (χ2n) is 10.4. The highest BCUT2D eigenvalue weighted by Gasteiger charge is 2.19.